The molecule has 3 heteroatoms. The average Bonchev–Trinajstić information content (AvgIpc) is 2.46. The maximum absolute atomic E-state index is 5.21. The summed E-state index contributed by atoms with van der Waals surface area (Å²) in [5.41, 5.74) is 0.991. The summed E-state index contributed by atoms with van der Waals surface area (Å²) in [6.45, 7) is 0. The van der Waals surface area contributed by atoms with E-state index in [4.69, 9.17) is 6.42 Å². The normalized spacial score (nSPS) is 8.92. The molecule has 0 bridgehead atoms. The Morgan fingerprint density at radius 1 is 1.33 bits per heavy atom. The third-order valence-electron chi connectivity index (χ3n) is 1.42. The predicted octanol–water partition coefficient (Wildman–Crippen LogP) is 2.28. The molecule has 0 fully saturated rings. The molecule has 1 heterocycles. The van der Waals surface area contributed by atoms with E-state index < -0.39 is 0 Å². The molecule has 0 aliphatic carbocycles. The molecule has 1 aromatic heterocycles. The first-order chi connectivity index (χ1) is 5.40. The molecular formula is C9H5CuNS. The molecule has 0 aliphatic heterocycles. The van der Waals surface area contributed by atoms with Gasteiger partial charge in [-0.3, -0.25) is 0 Å². The number of nitrogens with zero attached hydrogens (tertiary/aromatic N) is 1. The van der Waals surface area contributed by atoms with Crippen molar-refractivity contribution >= 4 is 21.6 Å². The minimum Gasteiger partial charge on any atom is -0.228 e. The van der Waals surface area contributed by atoms with Crippen molar-refractivity contribution < 1.29 is 17.1 Å². The Bertz CT molecular complexity index is 394. The number of fused-ring (bicyclic) bond motifs is 1. The summed E-state index contributed by atoms with van der Waals surface area (Å²) in [6, 6.07) is 7.93. The molecule has 63 valence electrons. The van der Waals surface area contributed by atoms with Crippen molar-refractivity contribution in [2.45, 2.75) is 0 Å². The predicted molar refractivity (Wildman–Crippen MR) is 47.6 cm³/mol. The van der Waals surface area contributed by atoms with E-state index in [1.807, 2.05) is 24.3 Å². The van der Waals surface area contributed by atoms with E-state index in [0.717, 1.165) is 15.2 Å². The van der Waals surface area contributed by atoms with Crippen LogP contribution in [0.4, 0.5) is 0 Å². The van der Waals surface area contributed by atoms with E-state index in [1.165, 1.54) is 0 Å². The smallest absolute Gasteiger partial charge is 0.167 e. The van der Waals surface area contributed by atoms with E-state index >= 15 is 0 Å². The van der Waals surface area contributed by atoms with Gasteiger partial charge in [0.05, 0.1) is 10.2 Å². The zero-order chi connectivity index (χ0) is 7.68. The van der Waals surface area contributed by atoms with E-state index in [9.17, 15) is 0 Å². The SMILES string of the molecule is C#Cc1nc2ccccc2s1.[Cu]. The maximum Gasteiger partial charge on any atom is 0.167 e. The van der Waals surface area contributed by atoms with Crippen molar-refractivity contribution in [2.75, 3.05) is 0 Å². The zero-order valence-electron chi connectivity index (χ0n) is 6.04. The van der Waals surface area contributed by atoms with Crippen LogP contribution in [0.2, 0.25) is 0 Å². The molecule has 2 rings (SSSR count). The quantitative estimate of drug-likeness (QED) is 0.492. The second kappa shape index (κ2) is 3.73. The van der Waals surface area contributed by atoms with E-state index in [2.05, 4.69) is 10.9 Å². The third kappa shape index (κ3) is 1.51. The molecule has 1 nitrogen and oxygen atoms in total. The number of terminal acetylenes is 1. The molecule has 0 unspecified atom stereocenters. The number of rotatable bonds is 0. The zero-order valence-corrected chi connectivity index (χ0v) is 7.80. The number of benzene rings is 1. The minimum atomic E-state index is 0. The van der Waals surface area contributed by atoms with Gasteiger partial charge in [-0.1, -0.05) is 12.1 Å². The molecule has 0 saturated heterocycles. The average molecular weight is 223 g/mol. The van der Waals surface area contributed by atoms with Crippen molar-refractivity contribution in [3.05, 3.63) is 29.3 Å². The Kier molecular flexibility index (Phi) is 2.88. The fourth-order valence-electron chi connectivity index (χ4n) is 0.934. The fraction of sp³-hybridized carbons (Fsp3) is 0. The van der Waals surface area contributed by atoms with Crippen LogP contribution in [0.25, 0.3) is 10.2 Å². The van der Waals surface area contributed by atoms with Crippen LogP contribution in [0, 0.1) is 12.3 Å². The van der Waals surface area contributed by atoms with Gasteiger partial charge in [-0.2, -0.15) is 0 Å². The standard InChI is InChI=1S/C9H5NS.Cu/c1-2-9-10-7-5-3-4-6-8(7)11-9;/h1,3-6H;. The Hall–Kier alpha value is -0.811. The van der Waals surface area contributed by atoms with Crippen molar-refractivity contribution in [2.24, 2.45) is 0 Å². The number of para-hydroxylation sites is 1. The summed E-state index contributed by atoms with van der Waals surface area (Å²) in [7, 11) is 0. The first-order valence-corrected chi connectivity index (χ1v) is 4.04. The summed E-state index contributed by atoms with van der Waals surface area (Å²) in [5, 5.41) is 0.756. The van der Waals surface area contributed by atoms with Crippen LogP contribution in [-0.4, -0.2) is 4.98 Å². The maximum atomic E-state index is 5.21. The van der Waals surface area contributed by atoms with Gasteiger partial charge in [-0.05, 0) is 18.1 Å². The second-order valence-electron chi connectivity index (χ2n) is 2.13. The Labute approximate surface area is 85.3 Å². The summed E-state index contributed by atoms with van der Waals surface area (Å²) in [5.74, 6) is 2.52. The first kappa shape index (κ1) is 9.28. The van der Waals surface area contributed by atoms with Crippen molar-refractivity contribution in [1.82, 2.24) is 4.98 Å². The fourth-order valence-corrected chi connectivity index (χ4v) is 1.71. The van der Waals surface area contributed by atoms with E-state index in [-0.39, 0.29) is 17.1 Å². The monoisotopic (exact) mass is 222 g/mol. The van der Waals surface area contributed by atoms with Crippen LogP contribution in [-0.2, 0) is 17.1 Å². The van der Waals surface area contributed by atoms with Gasteiger partial charge in [0, 0.05) is 17.1 Å². The second-order valence-corrected chi connectivity index (χ2v) is 3.16. The van der Waals surface area contributed by atoms with Crippen molar-refractivity contribution in [3.8, 4) is 12.3 Å². The molecule has 12 heavy (non-hydrogen) atoms. The van der Waals surface area contributed by atoms with Crippen LogP contribution < -0.4 is 0 Å². The topological polar surface area (TPSA) is 12.9 Å². The van der Waals surface area contributed by atoms with Gasteiger partial charge in [0.1, 0.15) is 0 Å². The summed E-state index contributed by atoms with van der Waals surface area (Å²) in [6.07, 6.45) is 5.21. The molecule has 2 aromatic rings. The van der Waals surface area contributed by atoms with Crippen molar-refractivity contribution in [3.63, 3.8) is 0 Å². The largest absolute Gasteiger partial charge is 0.228 e. The minimum absolute atomic E-state index is 0. The van der Waals surface area contributed by atoms with Gasteiger partial charge in [-0.15, -0.1) is 17.8 Å². The Morgan fingerprint density at radius 2 is 2.08 bits per heavy atom. The molecule has 0 saturated carbocycles. The molecule has 0 amide bonds. The third-order valence-corrected chi connectivity index (χ3v) is 2.38. The van der Waals surface area contributed by atoms with Crippen LogP contribution in [0.15, 0.2) is 24.3 Å². The molecule has 0 N–H and O–H groups in total. The molecule has 0 atom stereocenters. The van der Waals surface area contributed by atoms with E-state index in [0.29, 0.717) is 0 Å². The summed E-state index contributed by atoms with van der Waals surface area (Å²) < 4.78 is 1.15. The summed E-state index contributed by atoms with van der Waals surface area (Å²) >= 11 is 1.55. The van der Waals surface area contributed by atoms with Gasteiger partial charge >= 0.3 is 0 Å². The first-order valence-electron chi connectivity index (χ1n) is 3.22. The van der Waals surface area contributed by atoms with Crippen LogP contribution in [0.1, 0.15) is 5.01 Å². The van der Waals surface area contributed by atoms with Gasteiger partial charge in [0.2, 0.25) is 0 Å². The number of aromatic nitrogens is 1. The van der Waals surface area contributed by atoms with Crippen LogP contribution >= 0.6 is 11.3 Å². The molecule has 1 radical (unpaired) electrons. The summed E-state index contributed by atoms with van der Waals surface area (Å²) in [4.78, 5) is 4.21. The Balaban J connectivity index is 0.000000720. The molecule has 0 spiro atoms. The van der Waals surface area contributed by atoms with Gasteiger partial charge in [0.25, 0.3) is 0 Å². The number of hydrogen-bond acceptors (Lipinski definition) is 2. The van der Waals surface area contributed by atoms with Crippen LogP contribution in [0.3, 0.4) is 0 Å². The number of hydrogen-bond donors (Lipinski definition) is 0. The molecular weight excluding hydrogens is 218 g/mol. The Morgan fingerprint density at radius 3 is 2.75 bits per heavy atom. The van der Waals surface area contributed by atoms with Crippen LogP contribution in [0.5, 0.6) is 0 Å². The molecule has 0 aliphatic rings. The van der Waals surface area contributed by atoms with Gasteiger partial charge in [-0.25, -0.2) is 4.98 Å². The van der Waals surface area contributed by atoms with Gasteiger partial charge in [0.15, 0.2) is 5.01 Å². The molecule has 1 aromatic carbocycles. The van der Waals surface area contributed by atoms with E-state index in [1.54, 1.807) is 11.3 Å². The van der Waals surface area contributed by atoms with Gasteiger partial charge < -0.3 is 0 Å². The van der Waals surface area contributed by atoms with Crippen molar-refractivity contribution in [1.29, 1.82) is 0 Å². The number of thiazole rings is 1.